The molecule has 5 rings (SSSR count). The van der Waals surface area contributed by atoms with Crippen LogP contribution in [0.4, 0.5) is 5.69 Å². The zero-order valence-electron chi connectivity index (χ0n) is 17.1. The Bertz CT molecular complexity index is 1290. The number of rotatable bonds is 3. The van der Waals surface area contributed by atoms with Crippen molar-refractivity contribution >= 4 is 22.5 Å². The van der Waals surface area contributed by atoms with Crippen molar-refractivity contribution in [2.75, 3.05) is 5.73 Å². The monoisotopic (exact) mass is 404 g/mol. The van der Waals surface area contributed by atoms with Crippen molar-refractivity contribution in [1.29, 1.82) is 0 Å². The number of pyridine rings is 2. The van der Waals surface area contributed by atoms with Gasteiger partial charge in [-0.15, -0.1) is 0 Å². The van der Waals surface area contributed by atoms with E-state index in [1.54, 1.807) is 10.6 Å². The third-order valence-electron chi connectivity index (χ3n) is 6.40. The predicted octanol–water partition coefficient (Wildman–Crippen LogP) is 2.19. The molecule has 0 bridgehead atoms. The molecule has 3 aromatic rings. The van der Waals surface area contributed by atoms with Crippen molar-refractivity contribution in [3.05, 3.63) is 56.9 Å². The second-order valence-corrected chi connectivity index (χ2v) is 8.15. The highest BCUT2D eigenvalue weighted by molar-refractivity contribution is 5.91. The number of carbonyl (C=O) groups excluding carboxylic acids is 1. The molecule has 7 heteroatoms. The summed E-state index contributed by atoms with van der Waals surface area (Å²) in [4.78, 5) is 30.8. The summed E-state index contributed by atoms with van der Waals surface area (Å²) in [5.41, 5.74) is 10.0. The number of nitrogens with one attached hydrogen (secondary N) is 1. The lowest BCUT2D eigenvalue weighted by Gasteiger charge is -2.33. The van der Waals surface area contributed by atoms with E-state index >= 15 is 0 Å². The molecular formula is C23H24N4O3. The Balaban J connectivity index is 1.81. The van der Waals surface area contributed by atoms with Crippen LogP contribution in [0.25, 0.3) is 22.3 Å². The van der Waals surface area contributed by atoms with Gasteiger partial charge in [-0.05, 0) is 42.7 Å². The van der Waals surface area contributed by atoms with Gasteiger partial charge in [0.1, 0.15) is 0 Å². The van der Waals surface area contributed by atoms with Crippen LogP contribution in [0.2, 0.25) is 0 Å². The van der Waals surface area contributed by atoms with Crippen LogP contribution < -0.4 is 16.6 Å². The molecule has 1 amide bonds. The van der Waals surface area contributed by atoms with E-state index in [1.165, 1.54) is 0 Å². The molecule has 2 aliphatic rings. The van der Waals surface area contributed by atoms with E-state index in [2.05, 4.69) is 12.2 Å². The number of aromatic nitrogens is 2. The van der Waals surface area contributed by atoms with Crippen LogP contribution in [-0.2, 0) is 29.9 Å². The summed E-state index contributed by atoms with van der Waals surface area (Å²) in [5.74, 6) is -0.449. The third-order valence-corrected chi connectivity index (χ3v) is 6.40. The van der Waals surface area contributed by atoms with Crippen molar-refractivity contribution in [3.63, 3.8) is 0 Å². The summed E-state index contributed by atoms with van der Waals surface area (Å²) in [7, 11) is 0. The molecule has 0 aliphatic carbocycles. The lowest BCUT2D eigenvalue weighted by atomic mass is 9.82. The molecule has 0 saturated carbocycles. The van der Waals surface area contributed by atoms with Crippen molar-refractivity contribution in [2.45, 2.75) is 51.8 Å². The standard InChI is InChI=1S/C23H24N4O3/c1-3-7-23(30)17-9-19-20-16(11-27(19)21(28)15(17)10-25-22(23)29)13(4-2)14-8-12(24)5-6-18(14)26-20/h5-6,8-9,30H,3-4,7,10-11,24H2,1-2H3,(H,25,29)/t23-/m0/s1. The van der Waals surface area contributed by atoms with E-state index in [1.807, 2.05) is 25.1 Å². The minimum atomic E-state index is -1.70. The van der Waals surface area contributed by atoms with Gasteiger partial charge in [-0.3, -0.25) is 9.59 Å². The summed E-state index contributed by atoms with van der Waals surface area (Å²) >= 11 is 0. The van der Waals surface area contributed by atoms with Gasteiger partial charge in [0.15, 0.2) is 5.60 Å². The van der Waals surface area contributed by atoms with E-state index in [-0.39, 0.29) is 18.5 Å². The maximum absolute atomic E-state index is 13.4. The normalized spacial score (nSPS) is 19.4. The SMILES string of the molecule is CCC[C@@]1(O)C(=O)NCc2c1cc1n(c2=O)Cc2c-1nc1ccc(N)cc1c2CC. The summed E-state index contributed by atoms with van der Waals surface area (Å²) in [6.07, 6.45) is 1.65. The molecule has 7 nitrogen and oxygen atoms in total. The molecule has 4 heterocycles. The first kappa shape index (κ1) is 18.8. The summed E-state index contributed by atoms with van der Waals surface area (Å²) < 4.78 is 1.71. The number of aliphatic hydroxyl groups is 1. The molecule has 154 valence electrons. The predicted molar refractivity (Wildman–Crippen MR) is 115 cm³/mol. The zero-order chi connectivity index (χ0) is 21.2. The van der Waals surface area contributed by atoms with Gasteiger partial charge >= 0.3 is 0 Å². The van der Waals surface area contributed by atoms with E-state index in [0.29, 0.717) is 35.5 Å². The number of fused-ring (bicyclic) bond motifs is 5. The molecule has 2 aromatic heterocycles. The molecule has 0 spiro atoms. The Morgan fingerprint density at radius 1 is 1.23 bits per heavy atom. The number of hydrogen-bond donors (Lipinski definition) is 3. The van der Waals surface area contributed by atoms with Gasteiger partial charge in [-0.1, -0.05) is 20.3 Å². The maximum Gasteiger partial charge on any atom is 0.256 e. The molecule has 0 saturated heterocycles. The summed E-state index contributed by atoms with van der Waals surface area (Å²) in [6, 6.07) is 7.44. The van der Waals surface area contributed by atoms with Crippen molar-refractivity contribution in [1.82, 2.24) is 14.9 Å². The fourth-order valence-electron chi connectivity index (χ4n) is 4.96. The quantitative estimate of drug-likeness (QED) is 0.454. The number of aryl methyl sites for hydroxylation is 1. The Hall–Kier alpha value is -3.19. The van der Waals surface area contributed by atoms with Gasteiger partial charge in [-0.25, -0.2) is 4.98 Å². The van der Waals surface area contributed by atoms with Crippen LogP contribution in [0.3, 0.4) is 0 Å². The number of carbonyl (C=O) groups is 1. The van der Waals surface area contributed by atoms with E-state index < -0.39 is 11.5 Å². The highest BCUT2D eigenvalue weighted by Gasteiger charge is 2.44. The Kier molecular flexibility index (Phi) is 4.02. The van der Waals surface area contributed by atoms with Crippen molar-refractivity contribution in [2.24, 2.45) is 0 Å². The van der Waals surface area contributed by atoms with Gasteiger partial charge in [-0.2, -0.15) is 0 Å². The van der Waals surface area contributed by atoms with Crippen LogP contribution in [-0.4, -0.2) is 20.6 Å². The average molecular weight is 404 g/mol. The van der Waals surface area contributed by atoms with Gasteiger partial charge < -0.3 is 20.7 Å². The number of amides is 1. The molecule has 0 fully saturated rings. The number of anilines is 1. The molecule has 1 aromatic carbocycles. The maximum atomic E-state index is 13.4. The van der Waals surface area contributed by atoms with Crippen LogP contribution in [0.15, 0.2) is 29.1 Å². The smallest absolute Gasteiger partial charge is 0.256 e. The van der Waals surface area contributed by atoms with E-state index in [9.17, 15) is 14.7 Å². The molecular weight excluding hydrogens is 380 g/mol. The van der Waals surface area contributed by atoms with Crippen LogP contribution >= 0.6 is 0 Å². The highest BCUT2D eigenvalue weighted by atomic mass is 16.3. The lowest BCUT2D eigenvalue weighted by Crippen LogP contribution is -2.51. The first-order chi connectivity index (χ1) is 14.4. The van der Waals surface area contributed by atoms with Crippen LogP contribution in [0.1, 0.15) is 48.9 Å². The Morgan fingerprint density at radius 3 is 2.77 bits per heavy atom. The van der Waals surface area contributed by atoms with Gasteiger partial charge in [0.25, 0.3) is 11.5 Å². The highest BCUT2D eigenvalue weighted by Crippen LogP contribution is 2.40. The topological polar surface area (TPSA) is 110 Å². The first-order valence-electron chi connectivity index (χ1n) is 10.4. The number of nitrogens with zero attached hydrogens (tertiary/aromatic N) is 2. The fraction of sp³-hybridized carbons (Fsp3) is 0.348. The third kappa shape index (κ3) is 2.38. The summed E-state index contributed by atoms with van der Waals surface area (Å²) in [6.45, 7) is 4.54. The molecule has 0 radical (unpaired) electrons. The number of hydrogen-bond acceptors (Lipinski definition) is 5. The molecule has 0 unspecified atom stereocenters. The van der Waals surface area contributed by atoms with Gasteiger partial charge in [0.05, 0.1) is 23.4 Å². The van der Waals surface area contributed by atoms with Crippen LogP contribution in [0, 0.1) is 0 Å². The van der Waals surface area contributed by atoms with Crippen molar-refractivity contribution in [3.8, 4) is 11.4 Å². The minimum absolute atomic E-state index is 0.127. The molecule has 30 heavy (non-hydrogen) atoms. The zero-order valence-corrected chi connectivity index (χ0v) is 17.1. The average Bonchev–Trinajstić information content (AvgIpc) is 3.09. The Morgan fingerprint density at radius 2 is 2.03 bits per heavy atom. The van der Waals surface area contributed by atoms with Gasteiger partial charge in [0, 0.05) is 34.3 Å². The fourth-order valence-corrected chi connectivity index (χ4v) is 4.96. The molecule has 1 atom stereocenters. The summed E-state index contributed by atoms with van der Waals surface area (Å²) in [5, 5.41) is 14.9. The number of nitrogen functional groups attached to an aromatic ring is 1. The Labute approximate surface area is 173 Å². The second-order valence-electron chi connectivity index (χ2n) is 8.15. The number of benzene rings is 1. The largest absolute Gasteiger partial charge is 0.399 e. The second kappa shape index (κ2) is 6.40. The molecule has 2 aliphatic heterocycles. The lowest BCUT2D eigenvalue weighted by molar-refractivity contribution is -0.143. The first-order valence-corrected chi connectivity index (χ1v) is 10.4. The van der Waals surface area contributed by atoms with Crippen LogP contribution in [0.5, 0.6) is 0 Å². The van der Waals surface area contributed by atoms with Crippen molar-refractivity contribution < 1.29 is 9.90 Å². The van der Waals surface area contributed by atoms with Gasteiger partial charge in [0.2, 0.25) is 0 Å². The number of nitrogens with two attached hydrogens (primary N) is 1. The van der Waals surface area contributed by atoms with E-state index in [4.69, 9.17) is 10.7 Å². The van der Waals surface area contributed by atoms with E-state index in [0.717, 1.165) is 34.1 Å². The molecule has 4 N–H and O–H groups in total. The minimum Gasteiger partial charge on any atom is -0.399 e.